The number of amides is 1. The van der Waals surface area contributed by atoms with Crippen molar-refractivity contribution in [2.45, 2.75) is 30.9 Å². The van der Waals surface area contributed by atoms with Crippen LogP contribution in [0, 0.1) is 23.6 Å². The molecule has 0 radical (unpaired) electrons. The zero-order valence-corrected chi connectivity index (χ0v) is 22.7. The molecule has 0 spiro atoms. The predicted octanol–water partition coefficient (Wildman–Crippen LogP) is 3.16. The van der Waals surface area contributed by atoms with E-state index in [1.165, 1.54) is 25.4 Å². The summed E-state index contributed by atoms with van der Waals surface area (Å²) in [6, 6.07) is 15.1. The molecule has 204 valence electrons. The van der Waals surface area contributed by atoms with Crippen molar-refractivity contribution in [3.63, 3.8) is 0 Å². The summed E-state index contributed by atoms with van der Waals surface area (Å²) in [7, 11) is -2.52. The Morgan fingerprint density at radius 1 is 1.15 bits per heavy atom. The minimum atomic E-state index is -3.94. The molecule has 1 N–H and O–H groups in total. The summed E-state index contributed by atoms with van der Waals surface area (Å²) >= 11 is 0. The number of aromatic nitrogens is 1. The van der Waals surface area contributed by atoms with Gasteiger partial charge in [0, 0.05) is 36.8 Å². The number of aliphatic hydroxyl groups excluding tert-OH is 1. The topological polar surface area (TPSA) is 100 Å². The number of halogens is 1. The van der Waals surface area contributed by atoms with Crippen molar-refractivity contribution in [1.29, 1.82) is 0 Å². The highest BCUT2D eigenvalue weighted by Gasteiger charge is 2.35. The van der Waals surface area contributed by atoms with E-state index in [1.54, 1.807) is 17.9 Å². The lowest BCUT2D eigenvalue weighted by atomic mass is 10.0. The van der Waals surface area contributed by atoms with E-state index in [2.05, 4.69) is 16.8 Å². The minimum Gasteiger partial charge on any atom is -0.472 e. The minimum absolute atomic E-state index is 0.0456. The van der Waals surface area contributed by atoms with E-state index in [1.807, 2.05) is 37.3 Å². The van der Waals surface area contributed by atoms with Gasteiger partial charge in [-0.15, -0.1) is 0 Å². The maximum absolute atomic E-state index is 13.6. The molecule has 4 rings (SSSR count). The smallest absolute Gasteiger partial charge is 0.259 e. The molecule has 2 aromatic carbocycles. The number of aliphatic hydroxyl groups is 1. The molecule has 39 heavy (non-hydrogen) atoms. The van der Waals surface area contributed by atoms with Crippen LogP contribution in [0.3, 0.4) is 0 Å². The van der Waals surface area contributed by atoms with E-state index in [9.17, 15) is 22.7 Å². The van der Waals surface area contributed by atoms with E-state index in [-0.39, 0.29) is 47.9 Å². The molecule has 0 fully saturated rings. The average molecular weight is 552 g/mol. The largest absolute Gasteiger partial charge is 0.472 e. The van der Waals surface area contributed by atoms with Gasteiger partial charge in [0.2, 0.25) is 15.9 Å². The summed E-state index contributed by atoms with van der Waals surface area (Å²) in [6.45, 7) is 3.50. The number of pyridine rings is 1. The highest BCUT2D eigenvalue weighted by Crippen LogP contribution is 2.28. The van der Waals surface area contributed by atoms with Gasteiger partial charge in [0.05, 0.1) is 24.1 Å². The second-order valence-electron chi connectivity index (χ2n) is 9.55. The van der Waals surface area contributed by atoms with E-state index in [0.29, 0.717) is 5.56 Å². The molecule has 3 atom stereocenters. The van der Waals surface area contributed by atoms with Crippen LogP contribution in [-0.4, -0.2) is 72.5 Å². The van der Waals surface area contributed by atoms with E-state index in [0.717, 1.165) is 22.0 Å². The number of ether oxygens (including phenoxy) is 1. The molecule has 1 aliphatic heterocycles. The Bertz CT molecular complexity index is 1490. The number of carbonyl (C=O) groups is 1. The van der Waals surface area contributed by atoms with E-state index >= 15 is 0 Å². The molecule has 1 aliphatic rings. The number of benzene rings is 2. The van der Waals surface area contributed by atoms with Crippen LogP contribution in [0.1, 0.15) is 35.3 Å². The molecular formula is C29H30FN3O5S. The van der Waals surface area contributed by atoms with Gasteiger partial charge in [-0.05, 0) is 49.4 Å². The number of hydrogen-bond acceptors (Lipinski definition) is 6. The number of nitrogens with zero attached hydrogens (tertiary/aromatic N) is 3. The molecule has 3 aromatic rings. The Hall–Kier alpha value is -3.78. The van der Waals surface area contributed by atoms with E-state index in [4.69, 9.17) is 4.74 Å². The quantitative estimate of drug-likeness (QED) is 0.473. The van der Waals surface area contributed by atoms with Gasteiger partial charge < -0.3 is 14.7 Å². The van der Waals surface area contributed by atoms with Crippen molar-refractivity contribution >= 4 is 15.9 Å². The Balaban J connectivity index is 1.67. The number of carbonyl (C=O) groups excluding carboxylic acids is 1. The van der Waals surface area contributed by atoms with Crippen LogP contribution in [0.2, 0.25) is 0 Å². The first-order valence-electron chi connectivity index (χ1n) is 12.5. The van der Waals surface area contributed by atoms with Gasteiger partial charge in [-0.2, -0.15) is 4.31 Å². The Morgan fingerprint density at radius 2 is 1.82 bits per heavy atom. The Kier molecular flexibility index (Phi) is 8.65. The lowest BCUT2D eigenvalue weighted by molar-refractivity contribution is 0.0373. The molecule has 8 nitrogen and oxygen atoms in total. The van der Waals surface area contributed by atoms with Gasteiger partial charge in [-0.3, -0.25) is 4.79 Å². The van der Waals surface area contributed by atoms with Gasteiger partial charge in [0.15, 0.2) is 0 Å². The highest BCUT2D eigenvalue weighted by molar-refractivity contribution is 7.89. The molecule has 0 saturated carbocycles. The number of likely N-dealkylation sites (N-methyl/N-ethyl adjacent to an activating group) is 1. The van der Waals surface area contributed by atoms with Gasteiger partial charge in [0.1, 0.15) is 17.5 Å². The van der Waals surface area contributed by atoms with Crippen molar-refractivity contribution in [3.8, 4) is 17.7 Å². The van der Waals surface area contributed by atoms with Crippen LogP contribution in [-0.2, 0) is 10.0 Å². The first-order chi connectivity index (χ1) is 18.6. The predicted molar refractivity (Wildman–Crippen MR) is 144 cm³/mol. The van der Waals surface area contributed by atoms with Crippen molar-refractivity contribution in [2.24, 2.45) is 5.92 Å². The maximum Gasteiger partial charge on any atom is 0.259 e. The summed E-state index contributed by atoms with van der Waals surface area (Å²) in [4.78, 5) is 19.5. The summed E-state index contributed by atoms with van der Waals surface area (Å²) in [6.07, 6.45) is 0.823. The third kappa shape index (κ3) is 6.45. The monoisotopic (exact) mass is 551 g/mol. The van der Waals surface area contributed by atoms with Gasteiger partial charge in [0.25, 0.3) is 5.91 Å². The van der Waals surface area contributed by atoms with Crippen molar-refractivity contribution in [2.75, 3.05) is 26.7 Å². The highest BCUT2D eigenvalue weighted by atomic mass is 32.2. The van der Waals surface area contributed by atoms with E-state index < -0.39 is 28.0 Å². The van der Waals surface area contributed by atoms with Gasteiger partial charge in [-0.1, -0.05) is 37.0 Å². The number of fused-ring (bicyclic) bond motifs is 1. The van der Waals surface area contributed by atoms with Crippen LogP contribution in [0.15, 0.2) is 71.8 Å². The van der Waals surface area contributed by atoms with Crippen LogP contribution < -0.4 is 4.74 Å². The Morgan fingerprint density at radius 3 is 2.49 bits per heavy atom. The second kappa shape index (κ2) is 11.9. The number of rotatable bonds is 6. The zero-order chi connectivity index (χ0) is 28.2. The van der Waals surface area contributed by atoms with Crippen LogP contribution in [0.4, 0.5) is 4.39 Å². The zero-order valence-electron chi connectivity index (χ0n) is 21.9. The fourth-order valence-corrected chi connectivity index (χ4v) is 5.38. The van der Waals surface area contributed by atoms with Crippen molar-refractivity contribution < 1.29 is 27.4 Å². The molecule has 2 heterocycles. The summed E-state index contributed by atoms with van der Waals surface area (Å²) in [5, 5.41) is 9.85. The van der Waals surface area contributed by atoms with Gasteiger partial charge >= 0.3 is 0 Å². The molecule has 1 aromatic heterocycles. The molecular weight excluding hydrogens is 521 g/mol. The molecule has 0 aliphatic carbocycles. The normalized spacial score (nSPS) is 18.3. The lowest BCUT2D eigenvalue weighted by Gasteiger charge is -2.37. The van der Waals surface area contributed by atoms with Crippen molar-refractivity contribution in [3.05, 3.63) is 89.4 Å². The fourth-order valence-electron chi connectivity index (χ4n) is 4.19. The first-order valence-corrected chi connectivity index (χ1v) is 13.9. The maximum atomic E-state index is 13.6. The van der Waals surface area contributed by atoms with Crippen LogP contribution in [0.5, 0.6) is 5.88 Å². The molecule has 0 bridgehead atoms. The summed E-state index contributed by atoms with van der Waals surface area (Å²) < 4.78 is 47.0. The standard InChI is InChI=1S/C29H30FN3O5S/c1-20-17-33(21(2)19-34)29(35)26-15-23(10-9-22-7-5-4-6-8-22)16-31-28(26)38-27(20)18-32(3)39(36,37)25-13-11-24(30)12-14-25/h4-8,11-16,20-21,27,34H,17-19H2,1-3H3/t20-,21+,27-/m0/s1. The van der Waals surface area contributed by atoms with Gasteiger partial charge in [-0.25, -0.2) is 17.8 Å². The third-order valence-electron chi connectivity index (χ3n) is 6.60. The molecule has 10 heteroatoms. The lowest BCUT2D eigenvalue weighted by Crippen LogP contribution is -2.50. The number of hydrogen-bond donors (Lipinski definition) is 1. The van der Waals surface area contributed by atoms with Crippen molar-refractivity contribution in [1.82, 2.24) is 14.2 Å². The average Bonchev–Trinajstić information content (AvgIpc) is 2.94. The van der Waals surface area contributed by atoms with Crippen LogP contribution in [0.25, 0.3) is 0 Å². The number of sulfonamides is 1. The molecule has 0 saturated heterocycles. The molecule has 1 amide bonds. The summed E-state index contributed by atoms with van der Waals surface area (Å²) in [5.41, 5.74) is 1.49. The Labute approximate surface area is 228 Å². The second-order valence-corrected chi connectivity index (χ2v) is 11.6. The first kappa shape index (κ1) is 28.2. The van der Waals surface area contributed by atoms with Crippen LogP contribution >= 0.6 is 0 Å². The third-order valence-corrected chi connectivity index (χ3v) is 8.44. The fraction of sp³-hybridized carbons (Fsp3) is 0.310. The molecule has 0 unspecified atom stereocenters. The SMILES string of the molecule is C[C@H](CO)N1C[C@H](C)[C@H](CN(C)S(=O)(=O)c2ccc(F)cc2)Oc2ncc(C#Cc3ccccc3)cc2C1=O. The summed E-state index contributed by atoms with van der Waals surface area (Å²) in [5.74, 6) is 4.90.